The molecule has 0 aliphatic heterocycles. The maximum atomic E-state index is 6.09. The van der Waals surface area contributed by atoms with Crippen molar-refractivity contribution in [2.45, 2.75) is 19.6 Å². The normalized spacial score (nSPS) is 12.2. The molecule has 0 bridgehead atoms. The first kappa shape index (κ1) is 14.9. The molecule has 0 aliphatic carbocycles. The van der Waals surface area contributed by atoms with Crippen LogP contribution in [-0.4, -0.2) is 6.54 Å². The van der Waals surface area contributed by atoms with Gasteiger partial charge in [-0.15, -0.1) is 0 Å². The van der Waals surface area contributed by atoms with Gasteiger partial charge in [-0.25, -0.2) is 0 Å². The minimum atomic E-state index is -0.279. The molecule has 0 heterocycles. The first-order valence-electron chi connectivity index (χ1n) is 6.54. The number of aryl methyl sites for hydroxylation is 1. The van der Waals surface area contributed by atoms with E-state index in [9.17, 15) is 0 Å². The standard InChI is InChI=1S/C16H19ClN2O/c1-11-7-13(17)8-14(15(19)9-18)16(11)20-10-12-5-3-2-4-6-12/h2-8,15H,9-10,18-19H2,1H3. The van der Waals surface area contributed by atoms with Crippen LogP contribution in [0.3, 0.4) is 0 Å². The summed E-state index contributed by atoms with van der Waals surface area (Å²) in [6.07, 6.45) is 0. The molecule has 4 heteroatoms. The summed E-state index contributed by atoms with van der Waals surface area (Å²) in [7, 11) is 0. The summed E-state index contributed by atoms with van der Waals surface area (Å²) in [5.74, 6) is 0.774. The molecule has 0 aromatic heterocycles. The molecule has 2 rings (SSSR count). The molecule has 1 atom stereocenters. The number of hydrogen-bond donors (Lipinski definition) is 2. The summed E-state index contributed by atoms with van der Waals surface area (Å²) in [6, 6.07) is 13.4. The van der Waals surface area contributed by atoms with Crippen molar-refractivity contribution in [3.63, 3.8) is 0 Å². The zero-order valence-electron chi connectivity index (χ0n) is 11.5. The molecule has 0 radical (unpaired) electrons. The Morgan fingerprint density at radius 1 is 1.20 bits per heavy atom. The van der Waals surface area contributed by atoms with Gasteiger partial charge in [-0.2, -0.15) is 0 Å². The van der Waals surface area contributed by atoms with Crippen LogP contribution < -0.4 is 16.2 Å². The largest absolute Gasteiger partial charge is 0.488 e. The molecule has 0 amide bonds. The van der Waals surface area contributed by atoms with Gasteiger partial charge >= 0.3 is 0 Å². The summed E-state index contributed by atoms with van der Waals surface area (Å²) < 4.78 is 5.94. The maximum absolute atomic E-state index is 6.09. The van der Waals surface area contributed by atoms with E-state index in [-0.39, 0.29) is 6.04 Å². The zero-order chi connectivity index (χ0) is 14.5. The van der Waals surface area contributed by atoms with Crippen LogP contribution >= 0.6 is 11.6 Å². The SMILES string of the molecule is Cc1cc(Cl)cc(C(N)CN)c1OCc1ccccc1. The van der Waals surface area contributed by atoms with E-state index in [0.29, 0.717) is 18.2 Å². The van der Waals surface area contributed by atoms with Crippen LogP contribution in [-0.2, 0) is 6.61 Å². The van der Waals surface area contributed by atoms with Gasteiger partial charge in [-0.1, -0.05) is 41.9 Å². The van der Waals surface area contributed by atoms with Gasteiger partial charge in [-0.05, 0) is 30.2 Å². The highest BCUT2D eigenvalue weighted by molar-refractivity contribution is 6.30. The first-order chi connectivity index (χ1) is 9.61. The van der Waals surface area contributed by atoms with Crippen molar-refractivity contribution >= 4 is 11.6 Å². The van der Waals surface area contributed by atoms with Gasteiger partial charge in [0.15, 0.2) is 0 Å². The van der Waals surface area contributed by atoms with E-state index in [1.807, 2.05) is 49.4 Å². The van der Waals surface area contributed by atoms with Gasteiger partial charge < -0.3 is 16.2 Å². The summed E-state index contributed by atoms with van der Waals surface area (Å²) in [6.45, 7) is 2.80. The molecule has 4 N–H and O–H groups in total. The monoisotopic (exact) mass is 290 g/mol. The van der Waals surface area contributed by atoms with Crippen molar-refractivity contribution in [2.24, 2.45) is 11.5 Å². The van der Waals surface area contributed by atoms with Crippen LogP contribution in [0.2, 0.25) is 5.02 Å². The molecule has 2 aromatic rings. The van der Waals surface area contributed by atoms with Crippen LogP contribution in [0.25, 0.3) is 0 Å². The lowest BCUT2D eigenvalue weighted by Gasteiger charge is -2.18. The van der Waals surface area contributed by atoms with Gasteiger partial charge in [-0.3, -0.25) is 0 Å². The van der Waals surface area contributed by atoms with Gasteiger partial charge in [0.05, 0.1) is 0 Å². The molecule has 0 aliphatic rings. The molecule has 20 heavy (non-hydrogen) atoms. The number of hydrogen-bond acceptors (Lipinski definition) is 3. The fourth-order valence-electron chi connectivity index (χ4n) is 2.09. The lowest BCUT2D eigenvalue weighted by molar-refractivity contribution is 0.299. The molecule has 3 nitrogen and oxygen atoms in total. The Morgan fingerprint density at radius 2 is 1.90 bits per heavy atom. The Balaban J connectivity index is 2.26. The van der Waals surface area contributed by atoms with E-state index in [4.69, 9.17) is 27.8 Å². The van der Waals surface area contributed by atoms with Crippen molar-refractivity contribution in [1.29, 1.82) is 0 Å². The average molecular weight is 291 g/mol. The van der Waals surface area contributed by atoms with Gasteiger partial charge in [0.2, 0.25) is 0 Å². The summed E-state index contributed by atoms with van der Waals surface area (Å²) in [5, 5.41) is 0.647. The lowest BCUT2D eigenvalue weighted by atomic mass is 10.0. The van der Waals surface area contributed by atoms with E-state index in [0.717, 1.165) is 22.4 Å². The summed E-state index contributed by atoms with van der Waals surface area (Å²) in [4.78, 5) is 0. The third-order valence-electron chi connectivity index (χ3n) is 3.15. The number of halogens is 1. The smallest absolute Gasteiger partial charge is 0.127 e. The number of benzene rings is 2. The highest BCUT2D eigenvalue weighted by Gasteiger charge is 2.15. The molecular formula is C16H19ClN2O. The zero-order valence-corrected chi connectivity index (χ0v) is 12.2. The maximum Gasteiger partial charge on any atom is 0.127 e. The van der Waals surface area contributed by atoms with E-state index in [2.05, 4.69) is 0 Å². The molecule has 0 fully saturated rings. The Labute approximate surface area is 124 Å². The lowest BCUT2D eigenvalue weighted by Crippen LogP contribution is -2.21. The summed E-state index contributed by atoms with van der Waals surface area (Å²) >= 11 is 6.09. The highest BCUT2D eigenvalue weighted by Crippen LogP contribution is 2.31. The van der Waals surface area contributed by atoms with Gasteiger partial charge in [0.1, 0.15) is 12.4 Å². The Hall–Kier alpha value is -1.55. The summed E-state index contributed by atoms with van der Waals surface area (Å²) in [5.41, 5.74) is 14.6. The van der Waals surface area contributed by atoms with E-state index in [1.54, 1.807) is 0 Å². The molecule has 106 valence electrons. The fourth-order valence-corrected chi connectivity index (χ4v) is 2.37. The highest BCUT2D eigenvalue weighted by atomic mass is 35.5. The van der Waals surface area contributed by atoms with Crippen LogP contribution in [0.4, 0.5) is 0 Å². The first-order valence-corrected chi connectivity index (χ1v) is 6.92. The van der Waals surface area contributed by atoms with Gasteiger partial charge in [0, 0.05) is 23.2 Å². The van der Waals surface area contributed by atoms with Crippen LogP contribution in [0.1, 0.15) is 22.7 Å². The second kappa shape index (κ2) is 6.75. The quantitative estimate of drug-likeness (QED) is 0.889. The molecule has 0 saturated carbocycles. The van der Waals surface area contributed by atoms with Crippen molar-refractivity contribution in [2.75, 3.05) is 6.54 Å². The van der Waals surface area contributed by atoms with Crippen molar-refractivity contribution in [3.8, 4) is 5.75 Å². The topological polar surface area (TPSA) is 61.3 Å². The van der Waals surface area contributed by atoms with Crippen molar-refractivity contribution in [3.05, 3.63) is 64.2 Å². The third-order valence-corrected chi connectivity index (χ3v) is 3.37. The Kier molecular flexibility index (Phi) is 5.01. The van der Waals surface area contributed by atoms with Crippen LogP contribution in [0.5, 0.6) is 5.75 Å². The van der Waals surface area contributed by atoms with Gasteiger partial charge in [0.25, 0.3) is 0 Å². The number of rotatable bonds is 5. The number of ether oxygens (including phenoxy) is 1. The molecular weight excluding hydrogens is 272 g/mol. The van der Waals surface area contributed by atoms with E-state index < -0.39 is 0 Å². The minimum absolute atomic E-state index is 0.279. The Bertz CT molecular complexity index is 572. The molecule has 0 spiro atoms. The van der Waals surface area contributed by atoms with Crippen LogP contribution in [0, 0.1) is 6.92 Å². The minimum Gasteiger partial charge on any atom is -0.488 e. The third kappa shape index (κ3) is 3.51. The fraction of sp³-hybridized carbons (Fsp3) is 0.250. The molecule has 0 saturated heterocycles. The predicted octanol–water partition coefficient (Wildman–Crippen LogP) is 3.19. The molecule has 2 aromatic carbocycles. The van der Waals surface area contributed by atoms with E-state index in [1.165, 1.54) is 0 Å². The Morgan fingerprint density at radius 3 is 2.55 bits per heavy atom. The van der Waals surface area contributed by atoms with Crippen LogP contribution in [0.15, 0.2) is 42.5 Å². The number of nitrogens with two attached hydrogens (primary N) is 2. The molecule has 1 unspecified atom stereocenters. The average Bonchev–Trinajstić information content (AvgIpc) is 2.46. The predicted molar refractivity (Wildman–Crippen MR) is 82.9 cm³/mol. The van der Waals surface area contributed by atoms with Crippen molar-refractivity contribution in [1.82, 2.24) is 0 Å². The second-order valence-electron chi connectivity index (χ2n) is 4.76. The van der Waals surface area contributed by atoms with Crippen molar-refractivity contribution < 1.29 is 4.74 Å². The van der Waals surface area contributed by atoms with E-state index >= 15 is 0 Å². The second-order valence-corrected chi connectivity index (χ2v) is 5.19.